The predicted octanol–water partition coefficient (Wildman–Crippen LogP) is 6.51. The minimum absolute atomic E-state index is 0.535. The number of rotatable bonds is 2. The van der Waals surface area contributed by atoms with E-state index in [0.717, 1.165) is 0 Å². The molecular formula is C19H30. The summed E-state index contributed by atoms with van der Waals surface area (Å²) in [6, 6.07) is 10.7. The van der Waals surface area contributed by atoms with Gasteiger partial charge in [0.1, 0.15) is 0 Å². The van der Waals surface area contributed by atoms with Crippen LogP contribution < -0.4 is 0 Å². The van der Waals surface area contributed by atoms with Crippen LogP contribution in [0.1, 0.15) is 65.4 Å². The van der Waals surface area contributed by atoms with Crippen molar-refractivity contribution in [1.29, 1.82) is 0 Å². The van der Waals surface area contributed by atoms with E-state index in [4.69, 9.17) is 0 Å². The molecule has 0 heterocycles. The highest BCUT2D eigenvalue weighted by atomic mass is 14.1. The molecule has 1 aliphatic carbocycles. The third kappa shape index (κ3) is 7.00. The molecule has 0 amide bonds. The highest BCUT2D eigenvalue weighted by Gasteiger charge is 2.09. The maximum atomic E-state index is 2.36. The van der Waals surface area contributed by atoms with Gasteiger partial charge < -0.3 is 0 Å². The Balaban J connectivity index is 0.000000573. The van der Waals surface area contributed by atoms with Gasteiger partial charge in [-0.1, -0.05) is 89.6 Å². The maximum Gasteiger partial charge on any atom is 0.00577 e. The average molecular weight is 258 g/mol. The van der Waals surface area contributed by atoms with Crippen LogP contribution >= 0.6 is 0 Å². The Kier molecular flexibility index (Phi) is 11.0. The Morgan fingerprint density at radius 2 is 1.58 bits per heavy atom. The summed E-state index contributed by atoms with van der Waals surface area (Å²) < 4.78 is 0. The maximum absolute atomic E-state index is 2.36. The SMILES string of the molecule is CC.CC(C1=CCCC=C1)c1ccccc1.CCC. The second-order valence-corrected chi connectivity index (χ2v) is 4.52. The van der Waals surface area contributed by atoms with Crippen molar-refractivity contribution in [2.45, 2.75) is 59.8 Å². The van der Waals surface area contributed by atoms with Gasteiger partial charge in [0, 0.05) is 5.92 Å². The standard InChI is InChI=1S/C14H16.C3H8.C2H6/c1-12(13-8-4-2-5-9-13)14-10-6-3-7-11-14;1-3-2;1-2/h2,4-6,8-12H,3,7H2,1H3;3H2,1-2H3;1-2H3. The van der Waals surface area contributed by atoms with E-state index in [2.05, 4.69) is 69.3 Å². The molecule has 2 rings (SSSR count). The lowest BCUT2D eigenvalue weighted by atomic mass is 9.90. The number of hydrogen-bond acceptors (Lipinski definition) is 0. The summed E-state index contributed by atoms with van der Waals surface area (Å²) >= 11 is 0. The van der Waals surface area contributed by atoms with Gasteiger partial charge in [0.2, 0.25) is 0 Å². The lowest BCUT2D eigenvalue weighted by Crippen LogP contribution is -1.97. The molecule has 0 heteroatoms. The van der Waals surface area contributed by atoms with Crippen molar-refractivity contribution in [2.75, 3.05) is 0 Å². The molecule has 1 atom stereocenters. The number of hydrogen-bond donors (Lipinski definition) is 0. The van der Waals surface area contributed by atoms with E-state index in [1.54, 1.807) is 0 Å². The lowest BCUT2D eigenvalue weighted by molar-refractivity contribution is 0.882. The number of benzene rings is 1. The molecule has 0 nitrogen and oxygen atoms in total. The van der Waals surface area contributed by atoms with E-state index in [1.807, 2.05) is 13.8 Å². The molecule has 0 radical (unpaired) electrons. The molecule has 1 aromatic rings. The summed E-state index contributed by atoms with van der Waals surface area (Å²) in [5.41, 5.74) is 2.87. The van der Waals surface area contributed by atoms with Crippen molar-refractivity contribution in [2.24, 2.45) is 0 Å². The number of allylic oxidation sites excluding steroid dienone is 4. The zero-order chi connectivity index (χ0) is 14.5. The molecule has 106 valence electrons. The van der Waals surface area contributed by atoms with Gasteiger partial charge in [-0.2, -0.15) is 0 Å². The van der Waals surface area contributed by atoms with Crippen molar-refractivity contribution in [1.82, 2.24) is 0 Å². The quantitative estimate of drug-likeness (QED) is 0.567. The fourth-order valence-electron chi connectivity index (χ4n) is 1.89. The third-order valence-corrected chi connectivity index (χ3v) is 2.82. The van der Waals surface area contributed by atoms with Crippen molar-refractivity contribution < 1.29 is 0 Å². The predicted molar refractivity (Wildman–Crippen MR) is 88.6 cm³/mol. The zero-order valence-electron chi connectivity index (χ0n) is 13.3. The van der Waals surface area contributed by atoms with E-state index in [-0.39, 0.29) is 0 Å². The Labute approximate surface area is 120 Å². The normalized spacial score (nSPS) is 14.3. The molecule has 0 bridgehead atoms. The topological polar surface area (TPSA) is 0 Å². The van der Waals surface area contributed by atoms with Crippen LogP contribution in [0.25, 0.3) is 0 Å². The second kappa shape index (κ2) is 11.8. The molecule has 19 heavy (non-hydrogen) atoms. The summed E-state index contributed by atoms with van der Waals surface area (Å²) in [6.45, 7) is 10.5. The molecule has 0 saturated carbocycles. The Morgan fingerprint density at radius 1 is 1.00 bits per heavy atom. The molecule has 0 N–H and O–H groups in total. The van der Waals surface area contributed by atoms with Crippen molar-refractivity contribution in [3.8, 4) is 0 Å². The third-order valence-electron chi connectivity index (χ3n) is 2.82. The minimum Gasteiger partial charge on any atom is -0.0839 e. The molecule has 0 aliphatic heterocycles. The summed E-state index contributed by atoms with van der Waals surface area (Å²) in [5.74, 6) is 0.535. The first-order chi connectivity index (χ1) is 9.29. The van der Waals surface area contributed by atoms with Crippen LogP contribution in [0.3, 0.4) is 0 Å². The van der Waals surface area contributed by atoms with E-state index < -0.39 is 0 Å². The monoisotopic (exact) mass is 258 g/mol. The lowest BCUT2D eigenvalue weighted by Gasteiger charge is -2.15. The first-order valence-corrected chi connectivity index (χ1v) is 7.71. The summed E-state index contributed by atoms with van der Waals surface area (Å²) in [7, 11) is 0. The molecule has 0 saturated heterocycles. The van der Waals surface area contributed by atoms with Crippen molar-refractivity contribution in [3.05, 3.63) is 59.7 Å². The zero-order valence-corrected chi connectivity index (χ0v) is 13.3. The van der Waals surface area contributed by atoms with Crippen LogP contribution in [0, 0.1) is 0 Å². The van der Waals surface area contributed by atoms with Crippen molar-refractivity contribution in [3.63, 3.8) is 0 Å². The highest BCUT2D eigenvalue weighted by molar-refractivity contribution is 5.35. The Bertz CT molecular complexity index is 357. The highest BCUT2D eigenvalue weighted by Crippen LogP contribution is 2.27. The average Bonchev–Trinajstić information content (AvgIpc) is 2.51. The van der Waals surface area contributed by atoms with E-state index in [9.17, 15) is 0 Å². The molecule has 0 aromatic heterocycles. The van der Waals surface area contributed by atoms with Gasteiger partial charge in [-0.3, -0.25) is 0 Å². The van der Waals surface area contributed by atoms with Gasteiger partial charge in [0.05, 0.1) is 0 Å². The first kappa shape index (κ1) is 17.7. The van der Waals surface area contributed by atoms with Crippen molar-refractivity contribution >= 4 is 0 Å². The molecule has 1 unspecified atom stereocenters. The minimum atomic E-state index is 0.535. The fourth-order valence-corrected chi connectivity index (χ4v) is 1.89. The van der Waals surface area contributed by atoms with Gasteiger partial charge in [0.25, 0.3) is 0 Å². The molecular weight excluding hydrogens is 228 g/mol. The van der Waals surface area contributed by atoms with Gasteiger partial charge >= 0.3 is 0 Å². The van der Waals surface area contributed by atoms with Gasteiger partial charge in [-0.05, 0) is 24.0 Å². The summed E-state index contributed by atoms with van der Waals surface area (Å²) in [6.07, 6.45) is 10.5. The van der Waals surface area contributed by atoms with Gasteiger partial charge in [-0.25, -0.2) is 0 Å². The Hall–Kier alpha value is -1.30. The summed E-state index contributed by atoms with van der Waals surface area (Å²) in [4.78, 5) is 0. The molecule has 1 aromatic carbocycles. The first-order valence-electron chi connectivity index (χ1n) is 7.71. The van der Waals surface area contributed by atoms with Crippen LogP contribution in [0.5, 0.6) is 0 Å². The smallest absolute Gasteiger partial charge is 0.00577 e. The van der Waals surface area contributed by atoms with Crippen LogP contribution in [-0.4, -0.2) is 0 Å². The Morgan fingerprint density at radius 3 is 2.05 bits per heavy atom. The largest absolute Gasteiger partial charge is 0.0839 e. The van der Waals surface area contributed by atoms with Gasteiger partial charge in [-0.15, -0.1) is 0 Å². The van der Waals surface area contributed by atoms with Crippen LogP contribution in [0.2, 0.25) is 0 Å². The molecule has 0 fully saturated rings. The van der Waals surface area contributed by atoms with E-state index in [1.165, 1.54) is 30.4 Å². The van der Waals surface area contributed by atoms with Crippen LogP contribution in [-0.2, 0) is 0 Å². The van der Waals surface area contributed by atoms with Gasteiger partial charge in [0.15, 0.2) is 0 Å². The fraction of sp³-hybridized carbons (Fsp3) is 0.474. The molecule has 0 spiro atoms. The summed E-state index contributed by atoms with van der Waals surface area (Å²) in [5, 5.41) is 0. The van der Waals surface area contributed by atoms with Crippen LogP contribution in [0.4, 0.5) is 0 Å². The van der Waals surface area contributed by atoms with Crippen LogP contribution in [0.15, 0.2) is 54.1 Å². The van der Waals surface area contributed by atoms with E-state index >= 15 is 0 Å². The molecule has 1 aliphatic rings. The second-order valence-electron chi connectivity index (χ2n) is 4.52. The van der Waals surface area contributed by atoms with E-state index in [0.29, 0.717) is 5.92 Å².